The van der Waals surface area contributed by atoms with Crippen LogP contribution in [0.4, 0.5) is 5.69 Å². The fraction of sp³-hybridized carbons (Fsp3) is 0.588. The highest BCUT2D eigenvalue weighted by Gasteiger charge is 2.45. The van der Waals surface area contributed by atoms with Gasteiger partial charge in [0.05, 0.1) is 22.5 Å². The minimum atomic E-state index is -0.0227. The lowest BCUT2D eigenvalue weighted by atomic mass is 9.76. The molecule has 120 valence electrons. The van der Waals surface area contributed by atoms with Gasteiger partial charge in [0, 0.05) is 31.3 Å². The smallest absolute Gasteiger partial charge is 0.159 e. The van der Waals surface area contributed by atoms with Crippen LogP contribution in [0.3, 0.4) is 0 Å². The zero-order chi connectivity index (χ0) is 15.6. The van der Waals surface area contributed by atoms with Gasteiger partial charge in [0.25, 0.3) is 0 Å². The van der Waals surface area contributed by atoms with E-state index in [1.54, 1.807) is 0 Å². The highest BCUT2D eigenvalue weighted by molar-refractivity contribution is 6.11. The van der Waals surface area contributed by atoms with Crippen molar-refractivity contribution < 1.29 is 4.84 Å². The average Bonchev–Trinajstić information content (AvgIpc) is 3.10. The largest absolute Gasteiger partial charge is 0.389 e. The van der Waals surface area contributed by atoms with E-state index in [-0.39, 0.29) is 5.60 Å². The fourth-order valence-electron chi connectivity index (χ4n) is 3.72. The summed E-state index contributed by atoms with van der Waals surface area (Å²) in [5.41, 5.74) is 5.17. The summed E-state index contributed by atoms with van der Waals surface area (Å²) in [6.45, 7) is 2.05. The average molecular weight is 311 g/mol. The first-order valence-electron chi connectivity index (χ1n) is 8.49. The number of anilines is 1. The summed E-state index contributed by atoms with van der Waals surface area (Å²) < 4.78 is 1.85. The molecular weight excluding hydrogens is 290 g/mol. The molecule has 2 aromatic heterocycles. The zero-order valence-corrected chi connectivity index (χ0v) is 13.6. The first kappa shape index (κ1) is 13.3. The minimum absolute atomic E-state index is 0.0227. The van der Waals surface area contributed by atoms with Gasteiger partial charge in [-0.2, -0.15) is 5.10 Å². The Balaban J connectivity index is 1.63. The van der Waals surface area contributed by atoms with Crippen molar-refractivity contribution >= 4 is 22.4 Å². The first-order valence-corrected chi connectivity index (χ1v) is 8.49. The maximum atomic E-state index is 5.78. The molecule has 0 saturated heterocycles. The lowest BCUT2D eigenvalue weighted by Gasteiger charge is -2.34. The number of hydrogen-bond donors (Lipinski definition) is 1. The van der Waals surface area contributed by atoms with Gasteiger partial charge in [0.1, 0.15) is 5.60 Å². The molecular formula is C17H21N5O. The number of nitrogens with one attached hydrogen (secondary N) is 1. The van der Waals surface area contributed by atoms with E-state index in [0.29, 0.717) is 6.04 Å². The third kappa shape index (κ3) is 1.97. The van der Waals surface area contributed by atoms with Crippen molar-refractivity contribution in [3.63, 3.8) is 0 Å². The van der Waals surface area contributed by atoms with Crippen LogP contribution in [-0.2, 0) is 11.9 Å². The molecule has 3 aliphatic rings. The minimum Gasteiger partial charge on any atom is -0.389 e. The van der Waals surface area contributed by atoms with Gasteiger partial charge in [-0.3, -0.25) is 4.68 Å². The van der Waals surface area contributed by atoms with Crippen molar-refractivity contribution in [1.82, 2.24) is 14.8 Å². The molecule has 3 heterocycles. The van der Waals surface area contributed by atoms with Crippen LogP contribution in [0.5, 0.6) is 0 Å². The van der Waals surface area contributed by atoms with E-state index in [0.717, 1.165) is 53.0 Å². The number of hydrogen-bond acceptors (Lipinski definition) is 5. The highest BCUT2D eigenvalue weighted by Crippen LogP contribution is 2.44. The van der Waals surface area contributed by atoms with Crippen LogP contribution in [0.2, 0.25) is 0 Å². The number of oxime groups is 1. The van der Waals surface area contributed by atoms with E-state index in [9.17, 15) is 0 Å². The Morgan fingerprint density at radius 2 is 2.17 bits per heavy atom. The van der Waals surface area contributed by atoms with Crippen molar-refractivity contribution in [2.45, 2.75) is 57.1 Å². The van der Waals surface area contributed by atoms with Crippen LogP contribution < -0.4 is 5.32 Å². The van der Waals surface area contributed by atoms with Crippen LogP contribution in [-0.4, -0.2) is 32.1 Å². The van der Waals surface area contributed by atoms with Crippen LogP contribution in [0, 0.1) is 6.92 Å². The maximum Gasteiger partial charge on any atom is 0.159 e. The molecule has 1 spiro atoms. The first-order chi connectivity index (χ1) is 11.2. The monoisotopic (exact) mass is 311 g/mol. The molecule has 2 aliphatic carbocycles. The Bertz CT molecular complexity index is 829. The van der Waals surface area contributed by atoms with E-state index in [1.165, 1.54) is 19.3 Å². The number of rotatable bonds is 3. The van der Waals surface area contributed by atoms with Gasteiger partial charge in [-0.1, -0.05) is 5.16 Å². The molecule has 0 atom stereocenters. The van der Waals surface area contributed by atoms with Crippen molar-refractivity contribution in [2.75, 3.05) is 5.32 Å². The van der Waals surface area contributed by atoms with Crippen LogP contribution in [0.25, 0.3) is 11.0 Å². The Morgan fingerprint density at radius 3 is 2.83 bits per heavy atom. The normalized spacial score (nSPS) is 22.1. The number of pyridine rings is 1. The molecule has 2 aromatic rings. The molecule has 5 rings (SSSR count). The summed E-state index contributed by atoms with van der Waals surface area (Å²) in [6.07, 6.45) is 8.78. The molecule has 0 aromatic carbocycles. The molecule has 2 saturated carbocycles. The Hall–Kier alpha value is -2.11. The quantitative estimate of drug-likeness (QED) is 0.946. The summed E-state index contributed by atoms with van der Waals surface area (Å²) in [6, 6.07) is 0.569. The molecule has 0 radical (unpaired) electrons. The second-order valence-corrected chi connectivity index (χ2v) is 7.22. The summed E-state index contributed by atoms with van der Waals surface area (Å²) >= 11 is 0. The Morgan fingerprint density at radius 1 is 1.35 bits per heavy atom. The topological polar surface area (TPSA) is 64.3 Å². The van der Waals surface area contributed by atoms with Gasteiger partial charge in [-0.05, 0) is 39.0 Å². The molecule has 6 nitrogen and oxygen atoms in total. The number of fused-ring (bicyclic) bond motifs is 1. The van der Waals surface area contributed by atoms with Gasteiger partial charge in [0.15, 0.2) is 5.65 Å². The van der Waals surface area contributed by atoms with E-state index in [1.807, 2.05) is 24.9 Å². The third-order valence-electron chi connectivity index (χ3n) is 5.37. The van der Waals surface area contributed by atoms with E-state index in [2.05, 4.69) is 20.6 Å². The summed E-state index contributed by atoms with van der Waals surface area (Å²) in [5, 5.41) is 13.8. The maximum absolute atomic E-state index is 5.78. The van der Waals surface area contributed by atoms with Crippen molar-refractivity contribution in [3.8, 4) is 0 Å². The Labute approximate surface area is 134 Å². The molecule has 0 amide bonds. The molecule has 0 unspecified atom stereocenters. The molecule has 2 fully saturated rings. The number of nitrogens with zero attached hydrogens (tertiary/aromatic N) is 4. The second-order valence-electron chi connectivity index (χ2n) is 7.22. The molecule has 23 heavy (non-hydrogen) atoms. The lowest BCUT2D eigenvalue weighted by Crippen LogP contribution is -2.37. The zero-order valence-electron chi connectivity index (χ0n) is 13.6. The summed E-state index contributed by atoms with van der Waals surface area (Å²) in [5.74, 6) is 0. The SMILES string of the molecule is Cc1nn(C)c2ncc(C3=NOC4(CCC4)C3)c(NC3CC3)c12. The highest BCUT2D eigenvalue weighted by atomic mass is 16.7. The van der Waals surface area contributed by atoms with E-state index < -0.39 is 0 Å². The molecule has 1 aliphatic heterocycles. The molecule has 0 bridgehead atoms. The van der Waals surface area contributed by atoms with Crippen LogP contribution in [0.1, 0.15) is 49.8 Å². The second kappa shape index (κ2) is 4.46. The predicted octanol–water partition coefficient (Wildman–Crippen LogP) is 2.90. The molecule has 1 N–H and O–H groups in total. The van der Waals surface area contributed by atoms with Gasteiger partial charge in [0.2, 0.25) is 0 Å². The van der Waals surface area contributed by atoms with Crippen molar-refractivity contribution in [3.05, 3.63) is 17.5 Å². The van der Waals surface area contributed by atoms with Gasteiger partial charge < -0.3 is 10.2 Å². The predicted molar refractivity (Wildman–Crippen MR) is 88.7 cm³/mol. The van der Waals surface area contributed by atoms with E-state index >= 15 is 0 Å². The lowest BCUT2D eigenvalue weighted by molar-refractivity contribution is -0.0755. The van der Waals surface area contributed by atoms with Crippen molar-refractivity contribution in [1.29, 1.82) is 0 Å². The number of aromatic nitrogens is 3. The van der Waals surface area contributed by atoms with Gasteiger partial charge in [-0.25, -0.2) is 4.98 Å². The summed E-state index contributed by atoms with van der Waals surface area (Å²) in [7, 11) is 1.95. The van der Waals surface area contributed by atoms with Gasteiger partial charge >= 0.3 is 0 Å². The van der Waals surface area contributed by atoms with Crippen LogP contribution >= 0.6 is 0 Å². The van der Waals surface area contributed by atoms with Crippen LogP contribution in [0.15, 0.2) is 11.4 Å². The van der Waals surface area contributed by atoms with Crippen molar-refractivity contribution in [2.24, 2.45) is 12.2 Å². The Kier molecular flexibility index (Phi) is 2.59. The fourth-order valence-corrected chi connectivity index (χ4v) is 3.72. The summed E-state index contributed by atoms with van der Waals surface area (Å²) in [4.78, 5) is 10.4. The molecule has 6 heteroatoms. The number of aryl methyl sites for hydroxylation is 2. The third-order valence-corrected chi connectivity index (χ3v) is 5.37. The standard InChI is InChI=1S/C17H21N5O/c1-10-14-15(19-11-4-5-11)12(9-18-16(14)22(2)20-10)13-8-17(23-21-13)6-3-7-17/h9,11H,3-8H2,1-2H3,(H,18,19). The van der Waals surface area contributed by atoms with E-state index in [4.69, 9.17) is 4.84 Å². The van der Waals surface area contributed by atoms with Gasteiger partial charge in [-0.15, -0.1) is 0 Å².